The van der Waals surface area contributed by atoms with Crippen molar-refractivity contribution in [3.8, 4) is 17.2 Å². The summed E-state index contributed by atoms with van der Waals surface area (Å²) in [5, 5.41) is 11.4. The van der Waals surface area contributed by atoms with Crippen molar-refractivity contribution in [2.75, 3.05) is 34.3 Å². The van der Waals surface area contributed by atoms with Crippen LogP contribution in [0, 0.1) is 6.92 Å². The standard InChI is InChI=1S/C30H32N2O5/c1-20-18-22(14-15-25(20)36-4)28(33)26-27(32(30(35)29(26)34)17-9-16-31(2)3)21-10-8-13-24(19-21)37-23-11-6-5-7-12-23/h5-8,10-15,18-19,27,33H,9,16-17H2,1-4H3/t27-/m1/s1. The Bertz CT molecular complexity index is 1320. The van der Waals surface area contributed by atoms with Gasteiger partial charge in [-0.25, -0.2) is 0 Å². The van der Waals surface area contributed by atoms with Gasteiger partial charge in [-0.3, -0.25) is 9.59 Å². The molecule has 0 spiro atoms. The van der Waals surface area contributed by atoms with Gasteiger partial charge < -0.3 is 24.4 Å². The van der Waals surface area contributed by atoms with Gasteiger partial charge in [0.25, 0.3) is 11.7 Å². The van der Waals surface area contributed by atoms with Crippen LogP contribution >= 0.6 is 0 Å². The summed E-state index contributed by atoms with van der Waals surface area (Å²) in [7, 11) is 5.50. The van der Waals surface area contributed by atoms with Gasteiger partial charge in [-0.2, -0.15) is 0 Å². The Morgan fingerprint density at radius 2 is 1.70 bits per heavy atom. The van der Waals surface area contributed by atoms with Gasteiger partial charge >= 0.3 is 0 Å². The third-order valence-electron chi connectivity index (χ3n) is 6.37. The molecule has 0 saturated carbocycles. The number of hydrogen-bond donors (Lipinski definition) is 1. The summed E-state index contributed by atoms with van der Waals surface area (Å²) in [5.41, 5.74) is 2.01. The number of ether oxygens (including phenoxy) is 2. The third kappa shape index (κ3) is 5.67. The minimum absolute atomic E-state index is 0.0660. The van der Waals surface area contributed by atoms with E-state index in [1.54, 1.807) is 30.2 Å². The number of carbonyl (C=O) groups is 2. The highest BCUT2D eigenvalue weighted by Crippen LogP contribution is 2.41. The molecule has 0 radical (unpaired) electrons. The first-order valence-electron chi connectivity index (χ1n) is 12.2. The Morgan fingerprint density at radius 3 is 2.38 bits per heavy atom. The quantitative estimate of drug-likeness (QED) is 0.248. The first-order valence-corrected chi connectivity index (χ1v) is 12.2. The van der Waals surface area contributed by atoms with Crippen molar-refractivity contribution in [3.63, 3.8) is 0 Å². The van der Waals surface area contributed by atoms with E-state index in [4.69, 9.17) is 9.47 Å². The number of likely N-dealkylation sites (tertiary alicyclic amines) is 1. The van der Waals surface area contributed by atoms with Crippen LogP contribution in [-0.4, -0.2) is 60.9 Å². The summed E-state index contributed by atoms with van der Waals surface area (Å²) in [5.74, 6) is 0.387. The minimum Gasteiger partial charge on any atom is -0.507 e. The van der Waals surface area contributed by atoms with Crippen LogP contribution < -0.4 is 9.47 Å². The van der Waals surface area contributed by atoms with E-state index in [2.05, 4.69) is 0 Å². The number of carbonyl (C=O) groups excluding carboxylic acids is 2. The van der Waals surface area contributed by atoms with Gasteiger partial charge in [0.05, 0.1) is 18.7 Å². The molecule has 0 aromatic heterocycles. The second kappa shape index (κ2) is 11.3. The molecule has 37 heavy (non-hydrogen) atoms. The molecule has 1 fully saturated rings. The molecule has 1 N–H and O–H groups in total. The number of aryl methyl sites for hydroxylation is 1. The van der Waals surface area contributed by atoms with E-state index in [9.17, 15) is 14.7 Å². The van der Waals surface area contributed by atoms with Crippen LogP contribution in [0.25, 0.3) is 5.76 Å². The molecule has 0 unspecified atom stereocenters. The van der Waals surface area contributed by atoms with Gasteiger partial charge in [-0.05, 0) is 87.6 Å². The number of hydrogen-bond acceptors (Lipinski definition) is 6. The van der Waals surface area contributed by atoms with Crippen LogP contribution in [-0.2, 0) is 9.59 Å². The van der Waals surface area contributed by atoms with Crippen LogP contribution in [0.1, 0.15) is 29.2 Å². The fourth-order valence-electron chi connectivity index (χ4n) is 4.57. The summed E-state index contributed by atoms with van der Waals surface area (Å²) >= 11 is 0. The molecule has 192 valence electrons. The van der Waals surface area contributed by atoms with Crippen molar-refractivity contribution in [3.05, 3.63) is 95.1 Å². The zero-order chi connectivity index (χ0) is 26.5. The molecule has 3 aromatic carbocycles. The average molecular weight is 501 g/mol. The second-order valence-corrected chi connectivity index (χ2v) is 9.32. The van der Waals surface area contributed by atoms with Crippen molar-refractivity contribution in [1.82, 2.24) is 9.80 Å². The number of rotatable bonds is 9. The number of aliphatic hydroxyl groups excluding tert-OH is 1. The number of benzene rings is 3. The summed E-state index contributed by atoms with van der Waals surface area (Å²) in [6, 6.07) is 21.1. The lowest BCUT2D eigenvalue weighted by Crippen LogP contribution is -2.32. The van der Waals surface area contributed by atoms with Crippen molar-refractivity contribution in [1.29, 1.82) is 0 Å². The number of Topliss-reactive ketones (excluding diaryl/α,β-unsaturated/α-hetero) is 1. The topological polar surface area (TPSA) is 79.3 Å². The van der Waals surface area contributed by atoms with Crippen LogP contribution in [0.15, 0.2) is 78.4 Å². The Kier molecular flexibility index (Phi) is 7.94. The Labute approximate surface area is 217 Å². The van der Waals surface area contributed by atoms with Gasteiger partial charge in [0.2, 0.25) is 0 Å². The molecule has 4 rings (SSSR count). The fourth-order valence-corrected chi connectivity index (χ4v) is 4.57. The predicted octanol–water partition coefficient (Wildman–Crippen LogP) is 5.17. The second-order valence-electron chi connectivity index (χ2n) is 9.32. The zero-order valence-electron chi connectivity index (χ0n) is 21.6. The molecule has 3 aromatic rings. The van der Waals surface area contributed by atoms with E-state index >= 15 is 0 Å². The molecule has 0 bridgehead atoms. The van der Waals surface area contributed by atoms with E-state index in [0.29, 0.717) is 41.3 Å². The van der Waals surface area contributed by atoms with E-state index in [1.165, 1.54) is 0 Å². The molecule has 1 aliphatic rings. The SMILES string of the molecule is COc1ccc(C(O)=C2C(=O)C(=O)N(CCCN(C)C)[C@@H]2c2cccc(Oc3ccccc3)c2)cc1C. The third-order valence-corrected chi connectivity index (χ3v) is 6.37. The molecule has 1 amide bonds. The van der Waals surface area contributed by atoms with Gasteiger partial charge in [0.1, 0.15) is 23.0 Å². The maximum absolute atomic E-state index is 13.3. The molecule has 1 atom stereocenters. The molecule has 0 aliphatic carbocycles. The molecule has 1 saturated heterocycles. The monoisotopic (exact) mass is 500 g/mol. The van der Waals surface area contributed by atoms with Crippen molar-refractivity contribution in [2.45, 2.75) is 19.4 Å². The Morgan fingerprint density at radius 1 is 0.973 bits per heavy atom. The van der Waals surface area contributed by atoms with Gasteiger partial charge in [0.15, 0.2) is 0 Å². The van der Waals surface area contributed by atoms with E-state index in [1.807, 2.05) is 80.5 Å². The maximum Gasteiger partial charge on any atom is 0.295 e. The van der Waals surface area contributed by atoms with Gasteiger partial charge in [-0.15, -0.1) is 0 Å². The highest BCUT2D eigenvalue weighted by molar-refractivity contribution is 6.46. The van der Waals surface area contributed by atoms with E-state index in [-0.39, 0.29) is 11.3 Å². The van der Waals surface area contributed by atoms with Gasteiger partial charge in [-0.1, -0.05) is 30.3 Å². The minimum atomic E-state index is -0.746. The highest BCUT2D eigenvalue weighted by atomic mass is 16.5. The normalized spacial score (nSPS) is 16.9. The zero-order valence-corrected chi connectivity index (χ0v) is 21.6. The first kappa shape index (κ1) is 26.0. The summed E-state index contributed by atoms with van der Waals surface area (Å²) < 4.78 is 11.3. The summed E-state index contributed by atoms with van der Waals surface area (Å²) in [6.07, 6.45) is 0.679. The van der Waals surface area contributed by atoms with Crippen molar-refractivity contribution in [2.24, 2.45) is 0 Å². The average Bonchev–Trinajstić information content (AvgIpc) is 3.14. The summed E-state index contributed by atoms with van der Waals surface area (Å²) in [6.45, 7) is 2.98. The molecular weight excluding hydrogens is 468 g/mol. The summed E-state index contributed by atoms with van der Waals surface area (Å²) in [4.78, 5) is 30.1. The first-order chi connectivity index (χ1) is 17.8. The van der Waals surface area contributed by atoms with Crippen LogP contribution in [0.3, 0.4) is 0 Å². The Hall–Kier alpha value is -4.10. The molecular formula is C30H32N2O5. The predicted molar refractivity (Wildman–Crippen MR) is 143 cm³/mol. The highest BCUT2D eigenvalue weighted by Gasteiger charge is 2.46. The number of methoxy groups -OCH3 is 1. The number of nitrogens with zero attached hydrogens (tertiary/aromatic N) is 2. The van der Waals surface area contributed by atoms with Crippen LogP contribution in [0.2, 0.25) is 0 Å². The largest absolute Gasteiger partial charge is 0.507 e. The lowest BCUT2D eigenvalue weighted by atomic mass is 9.94. The molecule has 7 heteroatoms. The van der Waals surface area contributed by atoms with E-state index < -0.39 is 17.7 Å². The molecule has 7 nitrogen and oxygen atoms in total. The molecule has 1 heterocycles. The molecule has 1 aliphatic heterocycles. The maximum atomic E-state index is 13.3. The number of para-hydroxylation sites is 1. The van der Waals surface area contributed by atoms with Crippen molar-refractivity contribution < 1.29 is 24.2 Å². The van der Waals surface area contributed by atoms with Crippen LogP contribution in [0.4, 0.5) is 0 Å². The lowest BCUT2D eigenvalue weighted by Gasteiger charge is -2.26. The van der Waals surface area contributed by atoms with Crippen LogP contribution in [0.5, 0.6) is 17.2 Å². The fraction of sp³-hybridized carbons (Fsp3) is 0.267. The lowest BCUT2D eigenvalue weighted by molar-refractivity contribution is -0.139. The number of amides is 1. The number of aliphatic hydroxyl groups is 1. The Balaban J connectivity index is 1.79. The van der Waals surface area contributed by atoms with Gasteiger partial charge in [0, 0.05) is 12.1 Å². The smallest absolute Gasteiger partial charge is 0.295 e. The van der Waals surface area contributed by atoms with Crippen molar-refractivity contribution >= 4 is 17.4 Å². The number of ketones is 1. The van der Waals surface area contributed by atoms with E-state index in [0.717, 1.165) is 12.1 Å².